The highest BCUT2D eigenvalue weighted by Gasteiger charge is 2.34. The lowest BCUT2D eigenvalue weighted by Crippen LogP contribution is -2.36. The summed E-state index contributed by atoms with van der Waals surface area (Å²) in [6, 6.07) is 7.06. The van der Waals surface area contributed by atoms with Crippen molar-refractivity contribution in [1.29, 1.82) is 0 Å². The summed E-state index contributed by atoms with van der Waals surface area (Å²) in [7, 11) is 0. The van der Waals surface area contributed by atoms with Gasteiger partial charge in [-0.05, 0) is 30.7 Å². The number of rotatable bonds is 5. The monoisotopic (exact) mass is 436 g/mol. The molecule has 0 saturated heterocycles. The van der Waals surface area contributed by atoms with Gasteiger partial charge in [0.05, 0.1) is 11.5 Å². The minimum Gasteiger partial charge on any atom is -0.326 e. The summed E-state index contributed by atoms with van der Waals surface area (Å²) in [5.74, 6) is -0.672. The molecule has 0 aliphatic carbocycles. The van der Waals surface area contributed by atoms with Crippen molar-refractivity contribution in [2.45, 2.75) is 30.8 Å². The second kappa shape index (κ2) is 8.05. The van der Waals surface area contributed by atoms with Crippen molar-refractivity contribution >= 4 is 51.0 Å². The Morgan fingerprint density at radius 2 is 2.08 bits per heavy atom. The Balaban J connectivity index is 1.90. The van der Waals surface area contributed by atoms with E-state index < -0.39 is 17.4 Å². The van der Waals surface area contributed by atoms with Crippen molar-refractivity contribution in [2.75, 3.05) is 16.4 Å². The lowest BCUT2D eigenvalue weighted by molar-refractivity contribution is -0.123. The third kappa shape index (κ3) is 4.16. The number of hydrogen-bond donors (Lipinski definition) is 3. The third-order valence-electron chi connectivity index (χ3n) is 3.80. The Hall–Kier alpha value is -2.13. The molecule has 3 N–H and O–H groups in total. The number of carbonyl (C=O) groups is 2. The van der Waals surface area contributed by atoms with E-state index in [4.69, 9.17) is 0 Å². The molecule has 1 aliphatic heterocycles. The van der Waals surface area contributed by atoms with E-state index in [1.807, 2.05) is 6.92 Å². The Kier molecular flexibility index (Phi) is 5.77. The number of H-pyrrole nitrogens is 1. The van der Waals surface area contributed by atoms with Crippen molar-refractivity contribution in [3.05, 3.63) is 44.7 Å². The summed E-state index contributed by atoms with van der Waals surface area (Å²) in [5, 5.41) is 5.79. The Labute approximate surface area is 162 Å². The first-order valence-corrected chi connectivity index (χ1v) is 9.89. The van der Waals surface area contributed by atoms with Gasteiger partial charge in [-0.3, -0.25) is 14.4 Å². The number of anilines is 2. The maximum Gasteiger partial charge on any atom is 0.257 e. The van der Waals surface area contributed by atoms with E-state index in [2.05, 4.69) is 36.5 Å². The SMILES string of the molecule is CCCSc1nc2c(c(=O)[nH]1)[C@@H](C(=O)Nc1ccc(Br)cc1)CC(=O)N2. The molecular weight excluding hydrogens is 420 g/mol. The molecule has 2 amide bonds. The number of aromatic nitrogens is 2. The lowest BCUT2D eigenvalue weighted by atomic mass is 9.92. The number of benzene rings is 1. The molecule has 0 radical (unpaired) electrons. The summed E-state index contributed by atoms with van der Waals surface area (Å²) in [6.07, 6.45) is 0.831. The molecule has 2 aromatic rings. The predicted molar refractivity (Wildman–Crippen MR) is 105 cm³/mol. The first-order valence-electron chi connectivity index (χ1n) is 8.11. The summed E-state index contributed by atoms with van der Waals surface area (Å²) < 4.78 is 0.885. The van der Waals surface area contributed by atoms with Crippen LogP contribution in [-0.2, 0) is 9.59 Å². The number of nitrogens with zero attached hydrogens (tertiary/aromatic N) is 1. The topological polar surface area (TPSA) is 104 Å². The van der Waals surface area contributed by atoms with Gasteiger partial charge in [-0.2, -0.15) is 0 Å². The second-order valence-electron chi connectivity index (χ2n) is 5.78. The van der Waals surface area contributed by atoms with Crippen LogP contribution in [0.3, 0.4) is 0 Å². The van der Waals surface area contributed by atoms with E-state index in [1.165, 1.54) is 11.8 Å². The van der Waals surface area contributed by atoms with Gasteiger partial charge in [0.1, 0.15) is 5.82 Å². The minimum absolute atomic E-state index is 0.0957. The number of fused-ring (bicyclic) bond motifs is 1. The van der Waals surface area contributed by atoms with E-state index in [0.717, 1.165) is 16.6 Å². The van der Waals surface area contributed by atoms with Crippen LogP contribution in [-0.4, -0.2) is 27.5 Å². The maximum atomic E-state index is 12.7. The number of halogens is 1. The number of amides is 2. The van der Waals surface area contributed by atoms with Crippen LogP contribution in [0.2, 0.25) is 0 Å². The quantitative estimate of drug-likeness (QED) is 0.493. The maximum absolute atomic E-state index is 12.7. The van der Waals surface area contributed by atoms with Gasteiger partial charge in [0.15, 0.2) is 5.16 Å². The van der Waals surface area contributed by atoms with Gasteiger partial charge in [-0.1, -0.05) is 34.6 Å². The minimum atomic E-state index is -0.885. The fraction of sp³-hybridized carbons (Fsp3) is 0.294. The van der Waals surface area contributed by atoms with Crippen LogP contribution in [0, 0.1) is 0 Å². The van der Waals surface area contributed by atoms with Crippen LogP contribution in [0.15, 0.2) is 38.7 Å². The molecule has 7 nitrogen and oxygen atoms in total. The van der Waals surface area contributed by atoms with Crippen LogP contribution < -0.4 is 16.2 Å². The first-order chi connectivity index (χ1) is 12.5. The summed E-state index contributed by atoms with van der Waals surface area (Å²) in [4.78, 5) is 44.2. The first kappa shape index (κ1) is 18.7. The van der Waals surface area contributed by atoms with Gasteiger partial charge in [0.2, 0.25) is 11.8 Å². The molecule has 0 unspecified atom stereocenters. The molecular formula is C17H17BrN4O3S. The zero-order valence-corrected chi connectivity index (χ0v) is 16.4. The normalized spacial score (nSPS) is 15.9. The average molecular weight is 437 g/mol. The van der Waals surface area contributed by atoms with Crippen molar-refractivity contribution < 1.29 is 9.59 Å². The molecule has 0 fully saturated rings. The van der Waals surface area contributed by atoms with E-state index >= 15 is 0 Å². The molecule has 1 aromatic heterocycles. The largest absolute Gasteiger partial charge is 0.326 e. The second-order valence-corrected chi connectivity index (χ2v) is 7.78. The molecule has 3 rings (SSSR count). The van der Waals surface area contributed by atoms with Gasteiger partial charge in [0.25, 0.3) is 5.56 Å². The fourth-order valence-electron chi connectivity index (χ4n) is 2.60. The molecule has 136 valence electrons. The highest BCUT2D eigenvalue weighted by Crippen LogP contribution is 2.30. The van der Waals surface area contributed by atoms with Gasteiger partial charge in [-0.15, -0.1) is 0 Å². The van der Waals surface area contributed by atoms with Crippen molar-refractivity contribution in [3.63, 3.8) is 0 Å². The molecule has 1 aliphatic rings. The number of nitrogens with one attached hydrogen (secondary N) is 3. The van der Waals surface area contributed by atoms with E-state index in [-0.39, 0.29) is 23.7 Å². The van der Waals surface area contributed by atoms with E-state index in [1.54, 1.807) is 24.3 Å². The van der Waals surface area contributed by atoms with Crippen LogP contribution in [0.1, 0.15) is 31.2 Å². The smallest absolute Gasteiger partial charge is 0.257 e. The summed E-state index contributed by atoms with van der Waals surface area (Å²) >= 11 is 4.73. The standard InChI is InChI=1S/C17H17BrN4O3S/c1-2-7-26-17-21-14-13(16(25)22-17)11(8-12(23)20-14)15(24)19-10-5-3-9(18)4-6-10/h3-6,11H,2,7-8H2,1H3,(H,19,24)(H2,20,21,22,23,25)/t11-/m0/s1. The zero-order chi connectivity index (χ0) is 18.7. The zero-order valence-electron chi connectivity index (χ0n) is 14.0. The highest BCUT2D eigenvalue weighted by molar-refractivity contribution is 9.10. The Morgan fingerprint density at radius 3 is 2.77 bits per heavy atom. The van der Waals surface area contributed by atoms with Gasteiger partial charge < -0.3 is 15.6 Å². The van der Waals surface area contributed by atoms with Crippen molar-refractivity contribution in [2.24, 2.45) is 0 Å². The van der Waals surface area contributed by atoms with Gasteiger partial charge in [-0.25, -0.2) is 4.98 Å². The highest BCUT2D eigenvalue weighted by atomic mass is 79.9. The van der Waals surface area contributed by atoms with Crippen molar-refractivity contribution in [1.82, 2.24) is 9.97 Å². The molecule has 2 heterocycles. The van der Waals surface area contributed by atoms with E-state index in [0.29, 0.717) is 10.8 Å². The third-order valence-corrected chi connectivity index (χ3v) is 5.41. The predicted octanol–water partition coefficient (Wildman–Crippen LogP) is 3.10. The number of thioether (sulfide) groups is 1. The van der Waals surface area contributed by atoms with Gasteiger partial charge >= 0.3 is 0 Å². The van der Waals surface area contributed by atoms with Gasteiger partial charge in [0, 0.05) is 22.3 Å². The lowest BCUT2D eigenvalue weighted by Gasteiger charge is -2.23. The average Bonchev–Trinajstić information content (AvgIpc) is 2.60. The van der Waals surface area contributed by atoms with E-state index in [9.17, 15) is 14.4 Å². The molecule has 26 heavy (non-hydrogen) atoms. The van der Waals surface area contributed by atoms with Crippen LogP contribution >= 0.6 is 27.7 Å². The van der Waals surface area contributed by atoms with Crippen molar-refractivity contribution in [3.8, 4) is 0 Å². The molecule has 1 atom stereocenters. The molecule has 0 saturated carbocycles. The molecule has 9 heteroatoms. The Bertz CT molecular complexity index is 898. The van der Waals surface area contributed by atoms with Crippen LogP contribution in [0.25, 0.3) is 0 Å². The Morgan fingerprint density at radius 1 is 1.35 bits per heavy atom. The van der Waals surface area contributed by atoms with Crippen LogP contribution in [0.5, 0.6) is 0 Å². The molecule has 0 spiro atoms. The number of carbonyl (C=O) groups excluding carboxylic acids is 2. The van der Waals surface area contributed by atoms with Crippen LogP contribution in [0.4, 0.5) is 11.5 Å². The number of aromatic amines is 1. The fourth-order valence-corrected chi connectivity index (χ4v) is 3.59. The summed E-state index contributed by atoms with van der Waals surface area (Å²) in [5.41, 5.74) is 0.384. The molecule has 0 bridgehead atoms. The number of hydrogen-bond acceptors (Lipinski definition) is 5. The summed E-state index contributed by atoms with van der Waals surface area (Å²) in [6.45, 7) is 2.02. The molecule has 1 aromatic carbocycles.